The molecule has 0 rings (SSSR count). The molecule has 54 valence electrons. The van der Waals surface area contributed by atoms with Crippen LogP contribution in [0.1, 0.15) is 20.3 Å². The summed E-state index contributed by atoms with van der Waals surface area (Å²) in [7, 11) is 0. The Bertz CT molecular complexity index is 182. The SMILES string of the molecule is CC(C)(C#N)CCN=[N+]=[N-]. The van der Waals surface area contributed by atoms with Gasteiger partial charge in [-0.1, -0.05) is 5.11 Å². The van der Waals surface area contributed by atoms with Crippen molar-refractivity contribution in [3.63, 3.8) is 0 Å². The highest BCUT2D eigenvalue weighted by molar-refractivity contribution is 4.91. The van der Waals surface area contributed by atoms with Crippen molar-refractivity contribution in [2.24, 2.45) is 10.5 Å². The fraction of sp³-hybridized carbons (Fsp3) is 0.833. The highest BCUT2D eigenvalue weighted by atomic mass is 15.1. The van der Waals surface area contributed by atoms with Crippen LogP contribution >= 0.6 is 0 Å². The molecule has 0 aliphatic carbocycles. The van der Waals surface area contributed by atoms with Gasteiger partial charge in [-0.05, 0) is 25.8 Å². The van der Waals surface area contributed by atoms with E-state index in [4.69, 9.17) is 10.8 Å². The van der Waals surface area contributed by atoms with Crippen molar-refractivity contribution in [1.29, 1.82) is 5.26 Å². The zero-order valence-electron chi connectivity index (χ0n) is 6.20. The predicted molar refractivity (Wildman–Crippen MR) is 38.0 cm³/mol. The second-order valence-corrected chi connectivity index (χ2v) is 2.70. The van der Waals surface area contributed by atoms with E-state index >= 15 is 0 Å². The third-order valence-corrected chi connectivity index (χ3v) is 1.20. The van der Waals surface area contributed by atoms with Crippen LogP contribution in [0.3, 0.4) is 0 Å². The molecule has 0 amide bonds. The number of hydrogen-bond donors (Lipinski definition) is 0. The monoisotopic (exact) mass is 138 g/mol. The quantitative estimate of drug-likeness (QED) is 0.335. The summed E-state index contributed by atoms with van der Waals surface area (Å²) >= 11 is 0. The van der Waals surface area contributed by atoms with E-state index in [0.717, 1.165) is 0 Å². The number of nitrogens with zero attached hydrogens (tertiary/aromatic N) is 4. The summed E-state index contributed by atoms with van der Waals surface area (Å²) in [6.45, 7) is 4.04. The smallest absolute Gasteiger partial charge is 0.0683 e. The van der Waals surface area contributed by atoms with Gasteiger partial charge in [0, 0.05) is 11.5 Å². The lowest BCUT2D eigenvalue weighted by Gasteiger charge is -2.11. The van der Waals surface area contributed by atoms with Crippen molar-refractivity contribution in [1.82, 2.24) is 0 Å². The van der Waals surface area contributed by atoms with Crippen LogP contribution in [-0.2, 0) is 0 Å². The van der Waals surface area contributed by atoms with Crippen LogP contribution in [0.5, 0.6) is 0 Å². The molecule has 0 heterocycles. The minimum Gasteiger partial charge on any atom is -0.198 e. The van der Waals surface area contributed by atoms with Gasteiger partial charge in [-0.25, -0.2) is 0 Å². The summed E-state index contributed by atoms with van der Waals surface area (Å²) in [6.07, 6.45) is 0.619. The van der Waals surface area contributed by atoms with Gasteiger partial charge in [0.25, 0.3) is 0 Å². The maximum Gasteiger partial charge on any atom is 0.0683 e. The molecular weight excluding hydrogens is 128 g/mol. The Labute approximate surface area is 60.1 Å². The van der Waals surface area contributed by atoms with Crippen molar-refractivity contribution in [3.8, 4) is 6.07 Å². The molecule has 10 heavy (non-hydrogen) atoms. The van der Waals surface area contributed by atoms with E-state index < -0.39 is 0 Å². The summed E-state index contributed by atoms with van der Waals surface area (Å²) < 4.78 is 0. The minimum absolute atomic E-state index is 0.367. The third-order valence-electron chi connectivity index (χ3n) is 1.20. The molecule has 0 atom stereocenters. The van der Waals surface area contributed by atoms with Crippen LogP contribution in [-0.4, -0.2) is 6.54 Å². The third kappa shape index (κ3) is 3.76. The van der Waals surface area contributed by atoms with Crippen molar-refractivity contribution in [3.05, 3.63) is 10.4 Å². The molecule has 4 heteroatoms. The molecule has 0 aromatic rings. The maximum atomic E-state index is 8.51. The first-order valence-electron chi connectivity index (χ1n) is 3.04. The summed E-state index contributed by atoms with van der Waals surface area (Å²) in [4.78, 5) is 2.59. The average Bonchev–Trinajstić information content (AvgIpc) is 1.89. The van der Waals surface area contributed by atoms with E-state index in [1.54, 1.807) is 0 Å². The first-order valence-corrected chi connectivity index (χ1v) is 3.04. The van der Waals surface area contributed by atoms with E-state index in [9.17, 15) is 0 Å². The van der Waals surface area contributed by atoms with Crippen LogP contribution in [0.25, 0.3) is 10.4 Å². The topological polar surface area (TPSA) is 72.5 Å². The lowest BCUT2D eigenvalue weighted by atomic mass is 9.92. The lowest BCUT2D eigenvalue weighted by Crippen LogP contribution is -2.08. The van der Waals surface area contributed by atoms with E-state index in [0.29, 0.717) is 13.0 Å². The Morgan fingerprint density at radius 1 is 1.70 bits per heavy atom. The molecule has 0 bridgehead atoms. The number of nitriles is 1. The second-order valence-electron chi connectivity index (χ2n) is 2.70. The molecule has 0 aromatic heterocycles. The Morgan fingerprint density at radius 2 is 2.30 bits per heavy atom. The second kappa shape index (κ2) is 3.76. The molecule has 0 unspecified atom stereocenters. The van der Waals surface area contributed by atoms with E-state index in [-0.39, 0.29) is 5.41 Å². The number of azide groups is 1. The average molecular weight is 138 g/mol. The molecule has 0 N–H and O–H groups in total. The molecular formula is C6H10N4. The van der Waals surface area contributed by atoms with E-state index in [2.05, 4.69) is 16.1 Å². The van der Waals surface area contributed by atoms with Gasteiger partial charge in [-0.15, -0.1) is 0 Å². The fourth-order valence-corrected chi connectivity index (χ4v) is 0.430. The molecule has 0 fully saturated rings. The van der Waals surface area contributed by atoms with Crippen molar-refractivity contribution < 1.29 is 0 Å². The fourth-order valence-electron chi connectivity index (χ4n) is 0.430. The molecule has 0 saturated heterocycles. The molecule has 0 saturated carbocycles. The summed E-state index contributed by atoms with van der Waals surface area (Å²) in [5.74, 6) is 0. The maximum absolute atomic E-state index is 8.51. The Balaban J connectivity index is 3.70. The predicted octanol–water partition coefficient (Wildman–Crippen LogP) is 2.24. The molecule has 0 radical (unpaired) electrons. The molecule has 0 aliphatic rings. The van der Waals surface area contributed by atoms with Gasteiger partial charge in [0.2, 0.25) is 0 Å². The number of hydrogen-bond acceptors (Lipinski definition) is 2. The van der Waals surface area contributed by atoms with Crippen LogP contribution in [0.4, 0.5) is 0 Å². The standard InChI is InChI=1S/C6H10N4/c1-6(2,5-7)3-4-9-10-8/h3-4H2,1-2H3. The van der Waals surface area contributed by atoms with E-state index in [1.165, 1.54) is 0 Å². The van der Waals surface area contributed by atoms with Crippen LogP contribution < -0.4 is 0 Å². The number of rotatable bonds is 3. The normalized spacial score (nSPS) is 9.70. The minimum atomic E-state index is -0.367. The van der Waals surface area contributed by atoms with Crippen molar-refractivity contribution in [2.45, 2.75) is 20.3 Å². The van der Waals surface area contributed by atoms with Gasteiger partial charge in [-0.3, -0.25) is 0 Å². The van der Waals surface area contributed by atoms with Gasteiger partial charge in [0.1, 0.15) is 0 Å². The van der Waals surface area contributed by atoms with Crippen molar-refractivity contribution in [2.75, 3.05) is 6.54 Å². The summed E-state index contributed by atoms with van der Waals surface area (Å²) in [6, 6.07) is 2.12. The summed E-state index contributed by atoms with van der Waals surface area (Å²) in [5.41, 5.74) is 7.54. The lowest BCUT2D eigenvalue weighted by molar-refractivity contribution is 0.459. The zero-order chi connectivity index (χ0) is 8.04. The molecule has 0 aromatic carbocycles. The van der Waals surface area contributed by atoms with Gasteiger partial charge >= 0.3 is 0 Å². The Morgan fingerprint density at radius 3 is 2.70 bits per heavy atom. The largest absolute Gasteiger partial charge is 0.198 e. The Kier molecular flexibility index (Phi) is 3.30. The summed E-state index contributed by atoms with van der Waals surface area (Å²) in [5, 5.41) is 11.8. The van der Waals surface area contributed by atoms with Crippen LogP contribution in [0, 0.1) is 16.7 Å². The van der Waals surface area contributed by atoms with Gasteiger partial charge in [0.05, 0.1) is 11.5 Å². The molecule has 0 aliphatic heterocycles. The van der Waals surface area contributed by atoms with Crippen LogP contribution in [0.15, 0.2) is 5.11 Å². The zero-order valence-corrected chi connectivity index (χ0v) is 6.20. The van der Waals surface area contributed by atoms with Crippen LogP contribution in [0.2, 0.25) is 0 Å². The highest BCUT2D eigenvalue weighted by Crippen LogP contribution is 2.17. The first-order chi connectivity index (χ1) is 4.62. The Hall–Kier alpha value is -1.20. The van der Waals surface area contributed by atoms with Crippen molar-refractivity contribution >= 4 is 0 Å². The van der Waals surface area contributed by atoms with E-state index in [1.807, 2.05) is 13.8 Å². The highest BCUT2D eigenvalue weighted by Gasteiger charge is 2.14. The first kappa shape index (κ1) is 8.80. The molecule has 0 spiro atoms. The van der Waals surface area contributed by atoms with Gasteiger partial charge in [0.15, 0.2) is 0 Å². The van der Waals surface area contributed by atoms with Gasteiger partial charge < -0.3 is 0 Å². The molecule has 4 nitrogen and oxygen atoms in total. The van der Waals surface area contributed by atoms with Gasteiger partial charge in [-0.2, -0.15) is 5.26 Å².